The standard InChI is InChI=1S/C13H20O4/c1-3-5-12(6-4-2)11-13(15)17-10-9-16-8-7-14/h3-4,11,14H,1-2,5-10H2. The number of hydrogen-bond acceptors (Lipinski definition) is 4. The lowest BCUT2D eigenvalue weighted by atomic mass is 10.1. The van der Waals surface area contributed by atoms with E-state index in [0.29, 0.717) is 19.4 Å². The van der Waals surface area contributed by atoms with Gasteiger partial charge in [0.1, 0.15) is 6.61 Å². The zero-order chi connectivity index (χ0) is 12.9. The summed E-state index contributed by atoms with van der Waals surface area (Å²) in [7, 11) is 0. The molecule has 0 saturated heterocycles. The van der Waals surface area contributed by atoms with Crippen molar-refractivity contribution in [1.82, 2.24) is 0 Å². The van der Waals surface area contributed by atoms with E-state index in [4.69, 9.17) is 14.6 Å². The van der Waals surface area contributed by atoms with Crippen molar-refractivity contribution in [3.63, 3.8) is 0 Å². The van der Waals surface area contributed by atoms with E-state index in [1.807, 2.05) is 0 Å². The SMILES string of the molecule is C=CCC(=CC(=O)OCCOCCO)CC=C. The summed E-state index contributed by atoms with van der Waals surface area (Å²) in [6.07, 6.45) is 6.19. The van der Waals surface area contributed by atoms with Gasteiger partial charge in [-0.2, -0.15) is 0 Å². The zero-order valence-corrected chi connectivity index (χ0v) is 10.1. The molecule has 0 amide bonds. The van der Waals surface area contributed by atoms with Crippen LogP contribution < -0.4 is 0 Å². The van der Waals surface area contributed by atoms with E-state index in [-0.39, 0.29) is 19.8 Å². The van der Waals surface area contributed by atoms with Gasteiger partial charge in [-0.15, -0.1) is 13.2 Å². The fraction of sp³-hybridized carbons (Fsp3) is 0.462. The third-order valence-electron chi connectivity index (χ3n) is 1.84. The second-order valence-corrected chi connectivity index (χ2v) is 3.29. The fourth-order valence-corrected chi connectivity index (χ4v) is 1.15. The maximum Gasteiger partial charge on any atom is 0.330 e. The van der Waals surface area contributed by atoms with Crippen LogP contribution in [0.2, 0.25) is 0 Å². The molecule has 96 valence electrons. The van der Waals surface area contributed by atoms with E-state index >= 15 is 0 Å². The van der Waals surface area contributed by atoms with Crippen LogP contribution in [0.1, 0.15) is 12.8 Å². The molecule has 0 rings (SSSR count). The largest absolute Gasteiger partial charge is 0.460 e. The minimum absolute atomic E-state index is 0.0311. The highest BCUT2D eigenvalue weighted by Crippen LogP contribution is 2.08. The van der Waals surface area contributed by atoms with Crippen LogP contribution in [0.3, 0.4) is 0 Å². The van der Waals surface area contributed by atoms with Crippen molar-refractivity contribution in [2.24, 2.45) is 0 Å². The monoisotopic (exact) mass is 240 g/mol. The number of ether oxygens (including phenoxy) is 2. The summed E-state index contributed by atoms with van der Waals surface area (Å²) >= 11 is 0. The molecule has 1 N–H and O–H groups in total. The van der Waals surface area contributed by atoms with Gasteiger partial charge in [-0.1, -0.05) is 17.7 Å². The van der Waals surface area contributed by atoms with Crippen molar-refractivity contribution in [1.29, 1.82) is 0 Å². The highest BCUT2D eigenvalue weighted by molar-refractivity contribution is 5.82. The van der Waals surface area contributed by atoms with E-state index in [0.717, 1.165) is 5.57 Å². The van der Waals surface area contributed by atoms with Gasteiger partial charge in [-0.25, -0.2) is 4.79 Å². The Morgan fingerprint density at radius 1 is 1.12 bits per heavy atom. The highest BCUT2D eigenvalue weighted by Gasteiger charge is 2.01. The van der Waals surface area contributed by atoms with Gasteiger partial charge in [-0.05, 0) is 12.8 Å². The van der Waals surface area contributed by atoms with Crippen LogP contribution in [-0.2, 0) is 14.3 Å². The molecule has 0 aromatic rings. The predicted molar refractivity (Wildman–Crippen MR) is 66.6 cm³/mol. The van der Waals surface area contributed by atoms with E-state index in [9.17, 15) is 4.79 Å². The quantitative estimate of drug-likeness (QED) is 0.273. The number of esters is 1. The van der Waals surface area contributed by atoms with E-state index < -0.39 is 5.97 Å². The molecule has 0 bridgehead atoms. The van der Waals surface area contributed by atoms with Crippen LogP contribution in [0.25, 0.3) is 0 Å². The Morgan fingerprint density at radius 2 is 1.76 bits per heavy atom. The van der Waals surface area contributed by atoms with E-state index in [1.54, 1.807) is 12.2 Å². The lowest BCUT2D eigenvalue weighted by Crippen LogP contribution is -2.10. The summed E-state index contributed by atoms with van der Waals surface area (Å²) < 4.78 is 9.87. The molecule has 0 aliphatic rings. The van der Waals surface area contributed by atoms with Gasteiger partial charge in [0.05, 0.1) is 19.8 Å². The number of aliphatic hydroxyl groups is 1. The number of aliphatic hydroxyl groups excluding tert-OH is 1. The average Bonchev–Trinajstić information content (AvgIpc) is 2.29. The first-order chi connectivity index (χ1) is 8.24. The first-order valence-corrected chi connectivity index (χ1v) is 5.51. The predicted octanol–water partition coefficient (Wildman–Crippen LogP) is 1.62. The minimum Gasteiger partial charge on any atom is -0.460 e. The first kappa shape index (κ1) is 15.6. The van der Waals surface area contributed by atoms with Crippen molar-refractivity contribution >= 4 is 5.97 Å². The molecule has 0 fully saturated rings. The summed E-state index contributed by atoms with van der Waals surface area (Å²) in [6.45, 7) is 7.93. The van der Waals surface area contributed by atoms with Crippen molar-refractivity contribution in [2.75, 3.05) is 26.4 Å². The van der Waals surface area contributed by atoms with Gasteiger partial charge in [0.15, 0.2) is 0 Å². The molecule has 0 atom stereocenters. The van der Waals surface area contributed by atoms with Crippen LogP contribution in [-0.4, -0.2) is 37.5 Å². The molecule has 17 heavy (non-hydrogen) atoms. The Morgan fingerprint density at radius 3 is 2.29 bits per heavy atom. The summed E-state index contributed by atoms with van der Waals surface area (Å²) in [6, 6.07) is 0. The summed E-state index contributed by atoms with van der Waals surface area (Å²) in [5.41, 5.74) is 0.913. The van der Waals surface area contributed by atoms with Gasteiger partial charge in [0.25, 0.3) is 0 Å². The first-order valence-electron chi connectivity index (χ1n) is 5.51. The van der Waals surface area contributed by atoms with Crippen molar-refractivity contribution < 1.29 is 19.4 Å². The van der Waals surface area contributed by atoms with Crippen LogP contribution in [0, 0.1) is 0 Å². The Bertz CT molecular complexity index is 257. The van der Waals surface area contributed by atoms with Crippen molar-refractivity contribution in [3.8, 4) is 0 Å². The molecule has 0 aromatic heterocycles. The molecular formula is C13H20O4. The molecular weight excluding hydrogens is 220 g/mol. The Hall–Kier alpha value is -1.39. The lowest BCUT2D eigenvalue weighted by Gasteiger charge is -2.04. The van der Waals surface area contributed by atoms with Gasteiger partial charge >= 0.3 is 5.97 Å². The molecule has 0 heterocycles. The molecule has 0 unspecified atom stereocenters. The van der Waals surface area contributed by atoms with Gasteiger partial charge in [0.2, 0.25) is 0 Å². The number of carbonyl (C=O) groups is 1. The third-order valence-corrected chi connectivity index (χ3v) is 1.84. The fourth-order valence-electron chi connectivity index (χ4n) is 1.15. The number of allylic oxidation sites excluding steroid dienone is 3. The Balaban J connectivity index is 3.89. The molecule has 0 aromatic carbocycles. The van der Waals surface area contributed by atoms with Crippen LogP contribution >= 0.6 is 0 Å². The number of carbonyl (C=O) groups excluding carboxylic acids is 1. The molecule has 0 radical (unpaired) electrons. The number of rotatable bonds is 10. The maximum atomic E-state index is 11.4. The summed E-state index contributed by atoms with van der Waals surface area (Å²) in [5.74, 6) is -0.392. The van der Waals surface area contributed by atoms with Gasteiger partial charge in [0, 0.05) is 6.08 Å². The average molecular weight is 240 g/mol. The van der Waals surface area contributed by atoms with E-state index in [1.165, 1.54) is 6.08 Å². The maximum absolute atomic E-state index is 11.4. The van der Waals surface area contributed by atoms with Crippen LogP contribution in [0.4, 0.5) is 0 Å². The van der Waals surface area contributed by atoms with E-state index in [2.05, 4.69) is 13.2 Å². The smallest absolute Gasteiger partial charge is 0.330 e. The lowest BCUT2D eigenvalue weighted by molar-refractivity contribution is -0.139. The summed E-state index contributed by atoms with van der Waals surface area (Å²) in [4.78, 5) is 11.4. The Labute approximate surface area is 102 Å². The molecule has 0 aliphatic heterocycles. The van der Waals surface area contributed by atoms with Gasteiger partial charge in [-0.3, -0.25) is 0 Å². The zero-order valence-electron chi connectivity index (χ0n) is 10.1. The molecule has 0 spiro atoms. The topological polar surface area (TPSA) is 55.8 Å². The third kappa shape index (κ3) is 9.53. The molecule has 0 aliphatic carbocycles. The van der Waals surface area contributed by atoms with Crippen LogP contribution in [0.15, 0.2) is 37.0 Å². The molecule has 4 nitrogen and oxygen atoms in total. The Kier molecular flexibility index (Phi) is 10.2. The van der Waals surface area contributed by atoms with Crippen molar-refractivity contribution in [3.05, 3.63) is 37.0 Å². The molecule has 4 heteroatoms. The highest BCUT2D eigenvalue weighted by atomic mass is 16.6. The second kappa shape index (κ2) is 11.1. The van der Waals surface area contributed by atoms with Crippen molar-refractivity contribution in [2.45, 2.75) is 12.8 Å². The number of hydrogen-bond donors (Lipinski definition) is 1. The van der Waals surface area contributed by atoms with Crippen LogP contribution in [0.5, 0.6) is 0 Å². The van der Waals surface area contributed by atoms with Gasteiger partial charge < -0.3 is 14.6 Å². The molecule has 0 saturated carbocycles. The minimum atomic E-state index is -0.392. The normalized spacial score (nSPS) is 9.47. The second-order valence-electron chi connectivity index (χ2n) is 3.29. The summed E-state index contributed by atoms with van der Waals surface area (Å²) in [5, 5.41) is 8.45.